The predicted octanol–water partition coefficient (Wildman–Crippen LogP) is -0.945. The Bertz CT molecular complexity index is 138. The van der Waals surface area contributed by atoms with E-state index in [2.05, 4.69) is 5.73 Å². The molecule has 0 aromatic rings. The van der Waals surface area contributed by atoms with Crippen molar-refractivity contribution < 1.29 is 5.03 Å². The van der Waals surface area contributed by atoms with Gasteiger partial charge in [0.05, 0.1) is 5.03 Å². The fourth-order valence-corrected chi connectivity index (χ4v) is 0.162. The van der Waals surface area contributed by atoms with Crippen LogP contribution in [0.1, 0.15) is 0 Å². The van der Waals surface area contributed by atoms with Gasteiger partial charge in [0.15, 0.2) is 0 Å². The van der Waals surface area contributed by atoms with E-state index in [1.165, 1.54) is 0 Å². The van der Waals surface area contributed by atoms with E-state index in [9.17, 15) is 15.0 Å². The number of nitrogens with one attached hydrogen (secondary N) is 1. The first kappa shape index (κ1) is 7.27. The van der Waals surface area contributed by atoms with Gasteiger partial charge in [0.2, 0.25) is 0 Å². The molecule has 9 heavy (non-hydrogen) atoms. The standard InChI is InChI=1S/CH3N5O3/c2-1(3)5(4-7)6(8)9/h(H3,2,3). The van der Waals surface area contributed by atoms with Gasteiger partial charge in [-0.3, -0.25) is 5.41 Å². The molecule has 0 saturated heterocycles. The summed E-state index contributed by atoms with van der Waals surface area (Å²) < 4.78 is 0. The predicted molar refractivity (Wildman–Crippen MR) is 26.5 cm³/mol. The zero-order valence-corrected chi connectivity index (χ0v) is 4.14. The summed E-state index contributed by atoms with van der Waals surface area (Å²) in [6.07, 6.45) is 0. The van der Waals surface area contributed by atoms with Crippen molar-refractivity contribution in [2.75, 3.05) is 0 Å². The number of hydrogen-bond donors (Lipinski definition) is 2. The van der Waals surface area contributed by atoms with Crippen molar-refractivity contribution in [3.8, 4) is 0 Å². The lowest BCUT2D eigenvalue weighted by Gasteiger charge is -1.98. The second kappa shape index (κ2) is 2.55. The third kappa shape index (κ3) is 1.67. The van der Waals surface area contributed by atoms with Gasteiger partial charge in [0, 0.05) is 4.91 Å². The number of hydrazine groups is 1. The molecule has 50 valence electrons. The van der Waals surface area contributed by atoms with E-state index in [1.54, 1.807) is 0 Å². The minimum atomic E-state index is -1.20. The number of nitrogens with two attached hydrogens (primary N) is 1. The van der Waals surface area contributed by atoms with Crippen molar-refractivity contribution in [1.29, 1.82) is 5.41 Å². The van der Waals surface area contributed by atoms with Crippen molar-refractivity contribution >= 4 is 5.96 Å². The lowest BCUT2D eigenvalue weighted by molar-refractivity contribution is -0.631. The molecule has 8 nitrogen and oxygen atoms in total. The Morgan fingerprint density at radius 2 is 2.33 bits per heavy atom. The van der Waals surface area contributed by atoms with Gasteiger partial charge in [-0.25, -0.2) is 0 Å². The maximum absolute atomic E-state index is 9.59. The highest BCUT2D eigenvalue weighted by molar-refractivity contribution is 5.72. The van der Waals surface area contributed by atoms with Crippen LogP contribution in [0.3, 0.4) is 0 Å². The summed E-state index contributed by atoms with van der Waals surface area (Å²) in [5.41, 5.74) is 4.52. The molecule has 0 aliphatic rings. The lowest BCUT2D eigenvalue weighted by Crippen LogP contribution is -2.36. The SMILES string of the molecule is N=C(N)N(N=O)[N+](=O)[O-]. The van der Waals surface area contributed by atoms with Crippen LogP contribution in [0.15, 0.2) is 5.29 Å². The maximum Gasteiger partial charge on any atom is 0.318 e. The largest absolute Gasteiger partial charge is 0.363 e. The molecule has 3 N–H and O–H groups in total. The van der Waals surface area contributed by atoms with Crippen LogP contribution in [0, 0.1) is 20.4 Å². The van der Waals surface area contributed by atoms with E-state index in [4.69, 9.17) is 5.41 Å². The quantitative estimate of drug-likeness (QED) is 0.165. The number of nitro groups is 1. The molecular weight excluding hydrogens is 130 g/mol. The summed E-state index contributed by atoms with van der Waals surface area (Å²) in [5.74, 6) is -1.02. The monoisotopic (exact) mass is 133 g/mol. The molecule has 0 aromatic carbocycles. The van der Waals surface area contributed by atoms with Crippen molar-refractivity contribution in [3.05, 3.63) is 15.0 Å². The van der Waals surface area contributed by atoms with Crippen LogP contribution in [-0.4, -0.2) is 16.1 Å². The molecule has 0 atom stereocenters. The van der Waals surface area contributed by atoms with Gasteiger partial charge in [-0.05, 0) is 0 Å². The molecule has 0 amide bonds. The van der Waals surface area contributed by atoms with Crippen LogP contribution in [-0.2, 0) is 0 Å². The van der Waals surface area contributed by atoms with Crippen LogP contribution in [0.4, 0.5) is 0 Å². The number of nitrogens with zero attached hydrogens (tertiary/aromatic N) is 3. The van der Waals surface area contributed by atoms with E-state index >= 15 is 0 Å². The minimum absolute atomic E-state index is 0.389. The van der Waals surface area contributed by atoms with Gasteiger partial charge >= 0.3 is 5.29 Å². The first-order valence-corrected chi connectivity index (χ1v) is 1.71. The Balaban J connectivity index is 4.16. The van der Waals surface area contributed by atoms with E-state index in [1.807, 2.05) is 5.29 Å². The van der Waals surface area contributed by atoms with Crippen LogP contribution in [0.25, 0.3) is 0 Å². The molecule has 0 heterocycles. The molecule has 0 aliphatic carbocycles. The summed E-state index contributed by atoms with van der Waals surface area (Å²) in [5, 5.41) is 16.2. The molecule has 0 rings (SSSR count). The summed E-state index contributed by atoms with van der Waals surface area (Å²) in [6, 6.07) is 0. The topological polar surface area (TPSA) is 126 Å². The molecule has 0 bridgehead atoms. The highest BCUT2D eigenvalue weighted by atomic mass is 16.7. The summed E-state index contributed by atoms with van der Waals surface area (Å²) in [6.45, 7) is 0. The second-order valence-corrected chi connectivity index (χ2v) is 0.994. The molecule has 0 spiro atoms. The first-order valence-electron chi connectivity index (χ1n) is 1.71. The molecular formula is CH3N5O3. The number of rotatable bonds is 2. The fourth-order valence-electron chi connectivity index (χ4n) is 0.162. The number of nitroso groups, excluding NO2 is 1. The summed E-state index contributed by atoms with van der Waals surface area (Å²) in [4.78, 5) is 19.0. The van der Waals surface area contributed by atoms with E-state index in [-0.39, 0.29) is 5.12 Å². The zero-order chi connectivity index (χ0) is 7.44. The van der Waals surface area contributed by atoms with E-state index in [0.29, 0.717) is 0 Å². The van der Waals surface area contributed by atoms with Crippen LogP contribution >= 0.6 is 0 Å². The Morgan fingerprint density at radius 1 is 1.89 bits per heavy atom. The third-order valence-electron chi connectivity index (χ3n) is 0.447. The third-order valence-corrected chi connectivity index (χ3v) is 0.447. The highest BCUT2D eigenvalue weighted by Gasteiger charge is 2.17. The average molecular weight is 133 g/mol. The van der Waals surface area contributed by atoms with Crippen LogP contribution in [0.5, 0.6) is 0 Å². The van der Waals surface area contributed by atoms with Gasteiger partial charge in [-0.1, -0.05) is 0 Å². The molecule has 8 heteroatoms. The van der Waals surface area contributed by atoms with Crippen molar-refractivity contribution in [2.45, 2.75) is 0 Å². The van der Waals surface area contributed by atoms with Crippen LogP contribution < -0.4 is 5.73 Å². The Hall–Kier alpha value is -1.73. The first-order chi connectivity index (χ1) is 4.09. The van der Waals surface area contributed by atoms with Gasteiger partial charge < -0.3 is 15.8 Å². The molecule has 0 unspecified atom stereocenters. The smallest absolute Gasteiger partial charge is 0.318 e. The van der Waals surface area contributed by atoms with E-state index < -0.39 is 11.0 Å². The fraction of sp³-hybridized carbons (Fsp3) is 0. The van der Waals surface area contributed by atoms with Gasteiger partial charge in [0.25, 0.3) is 5.96 Å². The Morgan fingerprint density at radius 3 is 2.33 bits per heavy atom. The minimum Gasteiger partial charge on any atom is -0.363 e. The molecule has 0 saturated carbocycles. The maximum atomic E-state index is 9.59. The summed E-state index contributed by atoms with van der Waals surface area (Å²) >= 11 is 0. The van der Waals surface area contributed by atoms with Gasteiger partial charge in [0.1, 0.15) is 5.12 Å². The molecule has 0 fully saturated rings. The highest BCUT2D eigenvalue weighted by Crippen LogP contribution is 1.84. The zero-order valence-electron chi connectivity index (χ0n) is 4.14. The lowest BCUT2D eigenvalue weighted by atomic mass is 11.1. The Labute approximate surface area is 48.8 Å². The molecule has 0 aromatic heterocycles. The van der Waals surface area contributed by atoms with Crippen molar-refractivity contribution in [2.24, 2.45) is 11.0 Å². The summed E-state index contributed by atoms with van der Waals surface area (Å²) in [7, 11) is 0. The molecule has 0 aliphatic heterocycles. The number of hydrogen-bond acceptors (Lipinski definition) is 5. The van der Waals surface area contributed by atoms with Crippen LogP contribution in [0.2, 0.25) is 0 Å². The Kier molecular flexibility index (Phi) is 2.06. The van der Waals surface area contributed by atoms with Crippen molar-refractivity contribution in [3.63, 3.8) is 0 Å². The second-order valence-electron chi connectivity index (χ2n) is 0.994. The van der Waals surface area contributed by atoms with E-state index in [0.717, 1.165) is 0 Å². The number of guanidine groups is 1. The normalized spacial score (nSPS) is 8.00. The van der Waals surface area contributed by atoms with Gasteiger partial charge in [-0.15, -0.1) is 0 Å². The average Bonchev–Trinajstić information content (AvgIpc) is 1.64. The van der Waals surface area contributed by atoms with Gasteiger partial charge in [-0.2, -0.15) is 0 Å². The molecule has 0 radical (unpaired) electrons. The van der Waals surface area contributed by atoms with Crippen molar-refractivity contribution in [1.82, 2.24) is 5.12 Å².